The Bertz CT molecular complexity index is 624. The van der Waals surface area contributed by atoms with Gasteiger partial charge in [0.2, 0.25) is 5.95 Å². The molecule has 4 rings (SSSR count). The summed E-state index contributed by atoms with van der Waals surface area (Å²) in [6.07, 6.45) is 7.58. The SMILES string of the molecule is c1c[nH]c(-c2ccnc(N3CCC(NC4CCSCC4)C3)n2)c1. The van der Waals surface area contributed by atoms with Gasteiger partial charge in [0.1, 0.15) is 0 Å². The van der Waals surface area contributed by atoms with E-state index in [-0.39, 0.29) is 0 Å². The summed E-state index contributed by atoms with van der Waals surface area (Å²) in [5.41, 5.74) is 2.00. The van der Waals surface area contributed by atoms with Crippen LogP contribution in [0.1, 0.15) is 19.3 Å². The number of H-pyrrole nitrogens is 1. The number of hydrogen-bond donors (Lipinski definition) is 2. The Kier molecular flexibility index (Phi) is 4.52. The van der Waals surface area contributed by atoms with Crippen LogP contribution >= 0.6 is 11.8 Å². The lowest BCUT2D eigenvalue weighted by molar-refractivity contribution is 0.423. The van der Waals surface area contributed by atoms with Crippen molar-refractivity contribution in [2.75, 3.05) is 29.5 Å². The van der Waals surface area contributed by atoms with Crippen molar-refractivity contribution >= 4 is 17.7 Å². The third-order valence-corrected chi connectivity index (χ3v) is 5.73. The first-order chi connectivity index (χ1) is 11.4. The number of aromatic nitrogens is 3. The zero-order valence-corrected chi connectivity index (χ0v) is 14.1. The van der Waals surface area contributed by atoms with Crippen molar-refractivity contribution in [1.82, 2.24) is 20.3 Å². The van der Waals surface area contributed by atoms with Crippen LogP contribution in [-0.4, -0.2) is 51.6 Å². The molecular formula is C17H23N5S. The van der Waals surface area contributed by atoms with Gasteiger partial charge in [0, 0.05) is 37.6 Å². The lowest BCUT2D eigenvalue weighted by atomic mass is 10.1. The summed E-state index contributed by atoms with van der Waals surface area (Å²) in [5, 5.41) is 3.84. The fourth-order valence-corrected chi connectivity index (χ4v) is 4.52. The Morgan fingerprint density at radius 1 is 1.17 bits per heavy atom. The molecule has 2 aliphatic heterocycles. The molecule has 1 unspecified atom stereocenters. The van der Waals surface area contributed by atoms with E-state index < -0.39 is 0 Å². The van der Waals surface area contributed by atoms with Crippen LogP contribution in [0.15, 0.2) is 30.6 Å². The summed E-state index contributed by atoms with van der Waals surface area (Å²) < 4.78 is 0. The van der Waals surface area contributed by atoms with Crippen molar-refractivity contribution in [1.29, 1.82) is 0 Å². The summed E-state index contributed by atoms with van der Waals surface area (Å²) in [5.74, 6) is 3.45. The molecule has 2 aromatic heterocycles. The Labute approximate surface area is 141 Å². The van der Waals surface area contributed by atoms with Crippen LogP contribution in [0.4, 0.5) is 5.95 Å². The topological polar surface area (TPSA) is 56.8 Å². The summed E-state index contributed by atoms with van der Waals surface area (Å²) in [6.45, 7) is 2.05. The minimum atomic E-state index is 0.570. The highest BCUT2D eigenvalue weighted by molar-refractivity contribution is 7.99. The van der Waals surface area contributed by atoms with E-state index in [9.17, 15) is 0 Å². The standard InChI is InChI=1S/C17H23N5S/c1-2-15(18-7-1)16-3-8-19-17(21-16)22-9-4-14(12-22)20-13-5-10-23-11-6-13/h1-3,7-8,13-14,18,20H,4-6,9-12H2. The molecule has 2 aliphatic rings. The summed E-state index contributed by atoms with van der Waals surface area (Å²) >= 11 is 2.08. The van der Waals surface area contributed by atoms with Crippen LogP contribution in [0, 0.1) is 0 Å². The lowest BCUT2D eigenvalue weighted by Gasteiger charge is -2.26. The first-order valence-electron chi connectivity index (χ1n) is 8.44. The molecule has 0 radical (unpaired) electrons. The molecule has 0 bridgehead atoms. The van der Waals surface area contributed by atoms with Crippen LogP contribution in [0.25, 0.3) is 11.4 Å². The van der Waals surface area contributed by atoms with Gasteiger partial charge in [0.15, 0.2) is 0 Å². The number of hydrogen-bond acceptors (Lipinski definition) is 5. The molecular weight excluding hydrogens is 306 g/mol. The van der Waals surface area contributed by atoms with Gasteiger partial charge in [-0.1, -0.05) is 0 Å². The van der Waals surface area contributed by atoms with Crippen molar-refractivity contribution < 1.29 is 0 Å². The third-order valence-electron chi connectivity index (χ3n) is 4.68. The molecule has 0 saturated carbocycles. The average Bonchev–Trinajstić information content (AvgIpc) is 3.28. The minimum Gasteiger partial charge on any atom is -0.360 e. The number of aromatic amines is 1. The molecule has 5 nitrogen and oxygen atoms in total. The third kappa shape index (κ3) is 3.53. The fraction of sp³-hybridized carbons (Fsp3) is 0.529. The Balaban J connectivity index is 1.40. The quantitative estimate of drug-likeness (QED) is 0.903. The first kappa shape index (κ1) is 15.0. The van der Waals surface area contributed by atoms with E-state index in [1.807, 2.05) is 30.6 Å². The number of nitrogens with zero attached hydrogens (tertiary/aromatic N) is 3. The smallest absolute Gasteiger partial charge is 0.225 e. The molecule has 122 valence electrons. The largest absolute Gasteiger partial charge is 0.360 e. The van der Waals surface area contributed by atoms with Gasteiger partial charge >= 0.3 is 0 Å². The second kappa shape index (κ2) is 6.93. The molecule has 0 spiro atoms. The fourth-order valence-electron chi connectivity index (χ4n) is 3.42. The molecule has 2 aromatic rings. The van der Waals surface area contributed by atoms with Crippen molar-refractivity contribution in [2.24, 2.45) is 0 Å². The molecule has 2 N–H and O–H groups in total. The summed E-state index contributed by atoms with van der Waals surface area (Å²) in [7, 11) is 0. The normalized spacial score (nSPS) is 22.6. The van der Waals surface area contributed by atoms with Gasteiger partial charge in [0.05, 0.1) is 11.4 Å². The van der Waals surface area contributed by atoms with Crippen LogP contribution < -0.4 is 10.2 Å². The summed E-state index contributed by atoms with van der Waals surface area (Å²) in [4.78, 5) is 14.7. The Morgan fingerprint density at radius 2 is 2.09 bits per heavy atom. The summed E-state index contributed by atoms with van der Waals surface area (Å²) in [6, 6.07) is 7.27. The second-order valence-corrected chi connectivity index (χ2v) is 7.54. The van der Waals surface area contributed by atoms with Crippen LogP contribution in [0.5, 0.6) is 0 Å². The van der Waals surface area contributed by atoms with E-state index in [0.29, 0.717) is 12.1 Å². The molecule has 23 heavy (non-hydrogen) atoms. The predicted molar refractivity (Wildman–Crippen MR) is 95.9 cm³/mol. The van der Waals surface area contributed by atoms with Crippen LogP contribution in [-0.2, 0) is 0 Å². The van der Waals surface area contributed by atoms with E-state index in [0.717, 1.165) is 30.4 Å². The van der Waals surface area contributed by atoms with Gasteiger partial charge < -0.3 is 15.2 Å². The van der Waals surface area contributed by atoms with Gasteiger partial charge in [-0.15, -0.1) is 0 Å². The monoisotopic (exact) mass is 329 g/mol. The first-order valence-corrected chi connectivity index (χ1v) is 9.59. The molecule has 2 saturated heterocycles. The highest BCUT2D eigenvalue weighted by atomic mass is 32.2. The number of anilines is 1. The van der Waals surface area contributed by atoms with Crippen molar-refractivity contribution in [2.45, 2.75) is 31.3 Å². The van der Waals surface area contributed by atoms with Gasteiger partial charge in [-0.05, 0) is 49.0 Å². The molecule has 2 fully saturated rings. The maximum absolute atomic E-state index is 4.73. The van der Waals surface area contributed by atoms with E-state index in [2.05, 4.69) is 31.9 Å². The van der Waals surface area contributed by atoms with Crippen molar-refractivity contribution in [3.8, 4) is 11.4 Å². The Hall–Kier alpha value is -1.53. The van der Waals surface area contributed by atoms with E-state index in [1.165, 1.54) is 30.8 Å². The zero-order valence-electron chi connectivity index (χ0n) is 13.2. The molecule has 0 aliphatic carbocycles. The van der Waals surface area contributed by atoms with E-state index >= 15 is 0 Å². The molecule has 4 heterocycles. The second-order valence-electron chi connectivity index (χ2n) is 6.31. The predicted octanol–water partition coefficient (Wildman–Crippen LogP) is 2.54. The maximum atomic E-state index is 4.73. The Morgan fingerprint density at radius 3 is 2.91 bits per heavy atom. The highest BCUT2D eigenvalue weighted by Gasteiger charge is 2.27. The van der Waals surface area contributed by atoms with E-state index in [1.54, 1.807) is 0 Å². The maximum Gasteiger partial charge on any atom is 0.225 e. The zero-order chi connectivity index (χ0) is 15.5. The molecule has 6 heteroatoms. The minimum absolute atomic E-state index is 0.570. The van der Waals surface area contributed by atoms with Crippen molar-refractivity contribution in [3.63, 3.8) is 0 Å². The van der Waals surface area contributed by atoms with Gasteiger partial charge in [-0.2, -0.15) is 11.8 Å². The van der Waals surface area contributed by atoms with Gasteiger partial charge in [-0.3, -0.25) is 0 Å². The van der Waals surface area contributed by atoms with Crippen molar-refractivity contribution in [3.05, 3.63) is 30.6 Å². The highest BCUT2D eigenvalue weighted by Crippen LogP contribution is 2.22. The van der Waals surface area contributed by atoms with Gasteiger partial charge in [0.25, 0.3) is 0 Å². The number of thioether (sulfide) groups is 1. The lowest BCUT2D eigenvalue weighted by Crippen LogP contribution is -2.42. The van der Waals surface area contributed by atoms with E-state index in [4.69, 9.17) is 4.98 Å². The van der Waals surface area contributed by atoms with Gasteiger partial charge in [-0.25, -0.2) is 9.97 Å². The van der Waals surface area contributed by atoms with Crippen LogP contribution in [0.3, 0.4) is 0 Å². The average molecular weight is 329 g/mol. The molecule has 1 atom stereocenters. The number of nitrogens with one attached hydrogen (secondary N) is 2. The molecule has 0 amide bonds. The van der Waals surface area contributed by atoms with Crippen LogP contribution in [0.2, 0.25) is 0 Å². The number of rotatable bonds is 4. The molecule has 0 aromatic carbocycles.